The molecule has 46 valence electrons. The lowest BCUT2D eigenvalue weighted by molar-refractivity contribution is -0.124. The zero-order valence-electron chi connectivity index (χ0n) is 4.43. The van der Waals surface area contributed by atoms with E-state index in [0.717, 1.165) is 0 Å². The first-order valence-corrected chi connectivity index (χ1v) is 4.03. The lowest BCUT2D eigenvalue weighted by Gasteiger charge is -2.02. The van der Waals surface area contributed by atoms with Crippen LogP contribution in [0.25, 0.3) is 0 Å². The van der Waals surface area contributed by atoms with Crippen LogP contribution in [0.3, 0.4) is 0 Å². The Morgan fingerprint density at radius 2 is 2.62 bits per heavy atom. The number of hydrogen-bond donors (Lipinski definition) is 0. The maximum Gasteiger partial charge on any atom is 0.234 e. The van der Waals surface area contributed by atoms with E-state index in [4.69, 9.17) is 0 Å². The van der Waals surface area contributed by atoms with Crippen LogP contribution in [0.1, 0.15) is 6.42 Å². The van der Waals surface area contributed by atoms with E-state index in [1.165, 1.54) is 11.9 Å². The van der Waals surface area contributed by atoms with Crippen LogP contribution in [-0.4, -0.2) is 21.4 Å². The van der Waals surface area contributed by atoms with E-state index in [-0.39, 0.29) is 5.91 Å². The van der Waals surface area contributed by atoms with Gasteiger partial charge in [-0.05, 0) is 11.9 Å². The van der Waals surface area contributed by atoms with Gasteiger partial charge in [-0.3, -0.25) is 9.10 Å². The smallest absolute Gasteiger partial charge is 0.234 e. The molecule has 0 bridgehead atoms. The van der Waals surface area contributed by atoms with E-state index >= 15 is 0 Å². The molecule has 0 aromatic heterocycles. The van der Waals surface area contributed by atoms with Crippen molar-refractivity contribution in [2.75, 3.05) is 7.05 Å². The highest BCUT2D eigenvalue weighted by molar-refractivity contribution is 9.11. The molecule has 1 rings (SSSR count). The first-order chi connectivity index (χ1) is 3.70. The summed E-state index contributed by atoms with van der Waals surface area (Å²) in [6.07, 6.45) is 0.626. The van der Waals surface area contributed by atoms with Crippen molar-refractivity contribution < 1.29 is 4.79 Å². The van der Waals surface area contributed by atoms with Gasteiger partial charge in [-0.25, -0.2) is 0 Å². The average molecular weight is 196 g/mol. The van der Waals surface area contributed by atoms with Gasteiger partial charge in [-0.2, -0.15) is 0 Å². The third-order valence-electron chi connectivity index (χ3n) is 0.959. The number of rotatable bonds is 0. The molecule has 1 aliphatic rings. The molecule has 2 nitrogen and oxygen atoms in total. The van der Waals surface area contributed by atoms with Crippen LogP contribution >= 0.6 is 27.9 Å². The zero-order chi connectivity index (χ0) is 6.15. The summed E-state index contributed by atoms with van der Waals surface area (Å²) in [5.74, 6) is 0.205. The minimum Gasteiger partial charge on any atom is -0.289 e. The Labute approximate surface area is 60.9 Å². The molecule has 0 aromatic rings. The van der Waals surface area contributed by atoms with Gasteiger partial charge in [-0.15, -0.1) is 0 Å². The Balaban J connectivity index is 2.51. The van der Waals surface area contributed by atoms with E-state index in [1.54, 1.807) is 11.4 Å². The van der Waals surface area contributed by atoms with E-state index in [9.17, 15) is 4.79 Å². The van der Waals surface area contributed by atoms with Gasteiger partial charge in [-0.1, -0.05) is 15.9 Å². The maximum atomic E-state index is 10.7. The first-order valence-electron chi connectivity index (χ1n) is 2.27. The number of nitrogens with zero attached hydrogens (tertiary/aromatic N) is 1. The molecule has 0 aromatic carbocycles. The Morgan fingerprint density at radius 1 is 2.00 bits per heavy atom. The molecule has 0 radical (unpaired) electrons. The van der Waals surface area contributed by atoms with Gasteiger partial charge in [0.25, 0.3) is 0 Å². The molecular weight excluding hydrogens is 190 g/mol. The number of hydrogen-bond acceptors (Lipinski definition) is 2. The van der Waals surface area contributed by atoms with Crippen molar-refractivity contribution in [3.8, 4) is 0 Å². The molecule has 1 saturated heterocycles. The van der Waals surface area contributed by atoms with Gasteiger partial charge in [0.1, 0.15) is 0 Å². The number of carbonyl (C=O) groups excluding carboxylic acids is 1. The standard InChI is InChI=1S/C4H6BrNOS/c1-6-4(7)2-3(5)8-6/h3H,2H2,1H3. The van der Waals surface area contributed by atoms with Crippen LogP contribution in [0, 0.1) is 0 Å². The van der Waals surface area contributed by atoms with Gasteiger partial charge in [0.2, 0.25) is 5.91 Å². The summed E-state index contributed by atoms with van der Waals surface area (Å²) in [5, 5.41) is 0. The van der Waals surface area contributed by atoms with Crippen molar-refractivity contribution in [2.24, 2.45) is 0 Å². The molecule has 0 aliphatic carbocycles. The third kappa shape index (κ3) is 1.17. The SMILES string of the molecule is CN1SC(Br)CC1=O. The molecule has 1 atom stereocenters. The summed E-state index contributed by atoms with van der Waals surface area (Å²) in [7, 11) is 1.79. The van der Waals surface area contributed by atoms with Crippen molar-refractivity contribution in [3.05, 3.63) is 0 Å². The normalized spacial score (nSPS) is 29.5. The molecule has 1 aliphatic heterocycles. The molecule has 1 fully saturated rings. The Kier molecular flexibility index (Phi) is 1.82. The Hall–Kier alpha value is 0.300. The summed E-state index contributed by atoms with van der Waals surface area (Å²) in [4.78, 5) is 10.7. The summed E-state index contributed by atoms with van der Waals surface area (Å²) < 4.78 is 1.96. The molecule has 4 heteroatoms. The third-order valence-corrected chi connectivity index (χ3v) is 2.70. The van der Waals surface area contributed by atoms with Crippen LogP contribution in [0.2, 0.25) is 0 Å². The molecule has 1 heterocycles. The zero-order valence-corrected chi connectivity index (χ0v) is 6.83. The van der Waals surface area contributed by atoms with E-state index in [2.05, 4.69) is 15.9 Å². The summed E-state index contributed by atoms with van der Waals surface area (Å²) in [6.45, 7) is 0. The van der Waals surface area contributed by atoms with E-state index in [1.807, 2.05) is 0 Å². The summed E-state index contributed by atoms with van der Waals surface area (Å²) >= 11 is 4.85. The van der Waals surface area contributed by atoms with Crippen molar-refractivity contribution in [1.29, 1.82) is 0 Å². The van der Waals surface area contributed by atoms with Crippen molar-refractivity contribution in [3.63, 3.8) is 0 Å². The van der Waals surface area contributed by atoms with Crippen LogP contribution in [0.15, 0.2) is 0 Å². The molecular formula is C4H6BrNOS. The Bertz CT molecular complexity index is 119. The molecule has 1 unspecified atom stereocenters. The quantitative estimate of drug-likeness (QED) is 0.428. The van der Waals surface area contributed by atoms with Crippen LogP contribution < -0.4 is 0 Å². The molecule has 0 spiro atoms. The number of carbonyl (C=O) groups is 1. The molecule has 0 N–H and O–H groups in total. The number of alkyl halides is 1. The van der Waals surface area contributed by atoms with E-state index < -0.39 is 0 Å². The van der Waals surface area contributed by atoms with Gasteiger partial charge in [0, 0.05) is 7.05 Å². The Morgan fingerprint density at radius 3 is 2.75 bits per heavy atom. The fraction of sp³-hybridized carbons (Fsp3) is 0.750. The average Bonchev–Trinajstić information content (AvgIpc) is 1.85. The predicted octanol–water partition coefficient (Wildman–Crippen LogP) is 1.22. The van der Waals surface area contributed by atoms with Crippen LogP contribution in [-0.2, 0) is 4.79 Å². The minimum atomic E-state index is 0.205. The second kappa shape index (κ2) is 2.27. The molecule has 8 heavy (non-hydrogen) atoms. The monoisotopic (exact) mass is 195 g/mol. The highest BCUT2D eigenvalue weighted by atomic mass is 79.9. The topological polar surface area (TPSA) is 20.3 Å². The lowest BCUT2D eigenvalue weighted by atomic mass is 10.5. The lowest BCUT2D eigenvalue weighted by Crippen LogP contribution is -2.10. The largest absolute Gasteiger partial charge is 0.289 e. The van der Waals surface area contributed by atoms with Gasteiger partial charge in [0.05, 0.1) is 10.6 Å². The summed E-state index contributed by atoms with van der Waals surface area (Å²) in [6, 6.07) is 0. The first kappa shape index (κ1) is 6.42. The van der Waals surface area contributed by atoms with Gasteiger partial charge in [0.15, 0.2) is 0 Å². The van der Waals surface area contributed by atoms with Crippen molar-refractivity contribution in [2.45, 2.75) is 10.6 Å². The number of amides is 1. The van der Waals surface area contributed by atoms with Gasteiger partial charge >= 0.3 is 0 Å². The maximum absolute atomic E-state index is 10.7. The predicted molar refractivity (Wildman–Crippen MR) is 37.7 cm³/mol. The highest BCUT2D eigenvalue weighted by Crippen LogP contribution is 2.31. The van der Waals surface area contributed by atoms with Crippen LogP contribution in [0.4, 0.5) is 0 Å². The molecule has 0 saturated carbocycles. The minimum absolute atomic E-state index is 0.205. The van der Waals surface area contributed by atoms with E-state index in [0.29, 0.717) is 10.6 Å². The summed E-state index contributed by atoms with van der Waals surface area (Å²) in [5.41, 5.74) is 0. The number of halogens is 1. The fourth-order valence-corrected chi connectivity index (χ4v) is 2.32. The second-order valence-corrected chi connectivity index (χ2v) is 4.65. The molecule has 1 amide bonds. The fourth-order valence-electron chi connectivity index (χ4n) is 0.533. The van der Waals surface area contributed by atoms with Crippen molar-refractivity contribution in [1.82, 2.24) is 4.31 Å². The van der Waals surface area contributed by atoms with Crippen molar-refractivity contribution >= 4 is 33.8 Å². The van der Waals surface area contributed by atoms with Crippen LogP contribution in [0.5, 0.6) is 0 Å². The highest BCUT2D eigenvalue weighted by Gasteiger charge is 2.25. The van der Waals surface area contributed by atoms with Gasteiger partial charge < -0.3 is 0 Å². The second-order valence-electron chi connectivity index (χ2n) is 1.61.